The quantitative estimate of drug-likeness (QED) is 0.787. The summed E-state index contributed by atoms with van der Waals surface area (Å²) in [7, 11) is 0. The van der Waals surface area contributed by atoms with E-state index in [1.54, 1.807) is 4.90 Å². The minimum Gasteiger partial charge on any atom is -0.481 e. The molecule has 1 saturated heterocycles. The lowest BCUT2D eigenvalue weighted by Crippen LogP contribution is -2.55. The van der Waals surface area contributed by atoms with Gasteiger partial charge in [0.15, 0.2) is 0 Å². The van der Waals surface area contributed by atoms with Gasteiger partial charge < -0.3 is 15.3 Å². The van der Waals surface area contributed by atoms with Crippen molar-refractivity contribution in [1.29, 1.82) is 0 Å². The molecule has 0 radical (unpaired) electrons. The second-order valence-electron chi connectivity index (χ2n) is 6.17. The number of nitrogens with one attached hydrogen (secondary N) is 1. The number of carboxylic acids is 1. The van der Waals surface area contributed by atoms with Crippen LogP contribution in [0.1, 0.15) is 34.1 Å². The maximum absolute atomic E-state index is 11.8. The molecule has 0 bridgehead atoms. The zero-order chi connectivity index (χ0) is 13.9. The number of likely N-dealkylation sites (tertiary alicyclic amines) is 1. The topological polar surface area (TPSA) is 69.6 Å². The SMILES string of the molecule is CC(C)C(C)(C)CNC(=O)N1CC(CC(=O)O)C1. The number of urea groups is 1. The van der Waals surface area contributed by atoms with Crippen LogP contribution < -0.4 is 5.32 Å². The average molecular weight is 256 g/mol. The van der Waals surface area contributed by atoms with E-state index in [1.807, 2.05) is 0 Å². The van der Waals surface area contributed by atoms with E-state index in [9.17, 15) is 9.59 Å². The number of rotatable bonds is 5. The minimum atomic E-state index is -0.791. The maximum atomic E-state index is 11.8. The molecule has 1 rings (SSSR count). The van der Waals surface area contributed by atoms with Crippen LogP contribution >= 0.6 is 0 Å². The van der Waals surface area contributed by atoms with E-state index in [0.29, 0.717) is 25.6 Å². The molecule has 0 spiro atoms. The van der Waals surface area contributed by atoms with Crippen LogP contribution in [0.5, 0.6) is 0 Å². The normalized spacial score (nSPS) is 16.6. The first-order chi connectivity index (χ1) is 8.22. The summed E-state index contributed by atoms with van der Waals surface area (Å²) >= 11 is 0. The van der Waals surface area contributed by atoms with Crippen LogP contribution in [0.3, 0.4) is 0 Å². The van der Waals surface area contributed by atoms with Crippen LogP contribution in [0.15, 0.2) is 0 Å². The molecule has 0 aromatic carbocycles. The van der Waals surface area contributed by atoms with Crippen molar-refractivity contribution in [3.8, 4) is 0 Å². The van der Waals surface area contributed by atoms with Crippen LogP contribution in [-0.4, -0.2) is 41.6 Å². The Bertz CT molecular complexity index is 320. The molecule has 2 N–H and O–H groups in total. The summed E-state index contributed by atoms with van der Waals surface area (Å²) in [6, 6.07) is -0.0784. The molecule has 5 heteroatoms. The standard InChI is InChI=1S/C13H24N2O3/c1-9(2)13(3,4)8-14-12(18)15-6-10(7-15)5-11(16)17/h9-10H,5-8H2,1-4H3,(H,14,18)(H,16,17). The van der Waals surface area contributed by atoms with Gasteiger partial charge in [0.1, 0.15) is 0 Å². The van der Waals surface area contributed by atoms with Crippen LogP contribution in [0.2, 0.25) is 0 Å². The third-order valence-electron chi connectivity index (χ3n) is 3.97. The summed E-state index contributed by atoms with van der Waals surface area (Å²) < 4.78 is 0. The van der Waals surface area contributed by atoms with E-state index in [4.69, 9.17) is 5.11 Å². The molecular weight excluding hydrogens is 232 g/mol. The number of carboxylic acid groups (broad SMARTS) is 1. The smallest absolute Gasteiger partial charge is 0.317 e. The molecule has 1 aliphatic heterocycles. The lowest BCUT2D eigenvalue weighted by molar-refractivity contribution is -0.139. The number of aliphatic carboxylic acids is 1. The predicted octanol–water partition coefficient (Wildman–Crippen LogP) is 1.78. The van der Waals surface area contributed by atoms with E-state index in [1.165, 1.54) is 0 Å². The van der Waals surface area contributed by atoms with E-state index in [0.717, 1.165) is 0 Å². The number of amides is 2. The van der Waals surface area contributed by atoms with Gasteiger partial charge >= 0.3 is 12.0 Å². The molecule has 1 heterocycles. The van der Waals surface area contributed by atoms with Gasteiger partial charge in [-0.1, -0.05) is 27.7 Å². The molecule has 18 heavy (non-hydrogen) atoms. The van der Waals surface area contributed by atoms with Gasteiger partial charge in [0.2, 0.25) is 0 Å². The molecule has 2 amide bonds. The molecule has 0 unspecified atom stereocenters. The zero-order valence-electron chi connectivity index (χ0n) is 11.7. The molecule has 0 saturated carbocycles. The fourth-order valence-corrected chi connectivity index (χ4v) is 1.73. The number of hydrogen-bond acceptors (Lipinski definition) is 2. The summed E-state index contributed by atoms with van der Waals surface area (Å²) in [4.78, 5) is 24.0. The number of carbonyl (C=O) groups is 2. The fourth-order valence-electron chi connectivity index (χ4n) is 1.73. The second-order valence-corrected chi connectivity index (χ2v) is 6.17. The molecule has 1 aliphatic rings. The number of nitrogens with zero attached hydrogens (tertiary/aromatic N) is 1. The van der Waals surface area contributed by atoms with E-state index < -0.39 is 5.97 Å². The highest BCUT2D eigenvalue weighted by Crippen LogP contribution is 2.25. The van der Waals surface area contributed by atoms with Crippen LogP contribution in [0.4, 0.5) is 4.79 Å². The van der Waals surface area contributed by atoms with Crippen molar-refractivity contribution in [1.82, 2.24) is 10.2 Å². The predicted molar refractivity (Wildman–Crippen MR) is 69.3 cm³/mol. The zero-order valence-corrected chi connectivity index (χ0v) is 11.7. The summed E-state index contributed by atoms with van der Waals surface area (Å²) in [6.45, 7) is 10.3. The maximum Gasteiger partial charge on any atom is 0.317 e. The van der Waals surface area contributed by atoms with Crippen molar-refractivity contribution in [3.63, 3.8) is 0 Å². The Kier molecular flexibility index (Phi) is 4.59. The Morgan fingerprint density at radius 1 is 1.39 bits per heavy atom. The highest BCUT2D eigenvalue weighted by atomic mass is 16.4. The van der Waals surface area contributed by atoms with E-state index in [-0.39, 0.29) is 23.8 Å². The van der Waals surface area contributed by atoms with Crippen molar-refractivity contribution in [2.75, 3.05) is 19.6 Å². The van der Waals surface area contributed by atoms with Crippen molar-refractivity contribution in [2.24, 2.45) is 17.3 Å². The lowest BCUT2D eigenvalue weighted by atomic mass is 9.81. The van der Waals surface area contributed by atoms with Crippen LogP contribution in [-0.2, 0) is 4.79 Å². The molecule has 0 aliphatic carbocycles. The molecule has 0 aromatic rings. The van der Waals surface area contributed by atoms with Gasteiger partial charge in [0.05, 0.1) is 6.42 Å². The monoisotopic (exact) mass is 256 g/mol. The van der Waals surface area contributed by atoms with Gasteiger partial charge in [-0.3, -0.25) is 4.79 Å². The fraction of sp³-hybridized carbons (Fsp3) is 0.846. The number of hydrogen-bond donors (Lipinski definition) is 2. The largest absolute Gasteiger partial charge is 0.481 e. The van der Waals surface area contributed by atoms with Gasteiger partial charge in [-0.15, -0.1) is 0 Å². The summed E-state index contributed by atoms with van der Waals surface area (Å²) in [6.07, 6.45) is 0.154. The first-order valence-corrected chi connectivity index (χ1v) is 6.47. The highest BCUT2D eigenvalue weighted by Gasteiger charge is 2.33. The summed E-state index contributed by atoms with van der Waals surface area (Å²) in [5.74, 6) is -0.179. The average Bonchev–Trinajstić information content (AvgIpc) is 2.19. The van der Waals surface area contributed by atoms with Crippen molar-refractivity contribution in [2.45, 2.75) is 34.1 Å². The highest BCUT2D eigenvalue weighted by molar-refractivity contribution is 5.75. The van der Waals surface area contributed by atoms with E-state index >= 15 is 0 Å². The lowest BCUT2D eigenvalue weighted by Gasteiger charge is -2.39. The van der Waals surface area contributed by atoms with E-state index in [2.05, 4.69) is 33.0 Å². The molecule has 5 nitrogen and oxygen atoms in total. The molecule has 0 atom stereocenters. The molecule has 1 fully saturated rings. The molecular formula is C13H24N2O3. The third-order valence-corrected chi connectivity index (χ3v) is 3.97. The van der Waals surface area contributed by atoms with Crippen molar-refractivity contribution < 1.29 is 14.7 Å². The van der Waals surface area contributed by atoms with Gasteiger partial charge in [-0.2, -0.15) is 0 Å². The van der Waals surface area contributed by atoms with Gasteiger partial charge in [-0.25, -0.2) is 4.79 Å². The summed E-state index contributed by atoms with van der Waals surface area (Å²) in [5.41, 5.74) is 0.0704. The van der Waals surface area contributed by atoms with Crippen molar-refractivity contribution in [3.05, 3.63) is 0 Å². The second kappa shape index (κ2) is 5.59. The van der Waals surface area contributed by atoms with Gasteiger partial charge in [0.25, 0.3) is 0 Å². The summed E-state index contributed by atoms with van der Waals surface area (Å²) in [5, 5.41) is 11.5. The van der Waals surface area contributed by atoms with Crippen LogP contribution in [0.25, 0.3) is 0 Å². The molecule has 104 valence electrons. The Morgan fingerprint density at radius 3 is 2.39 bits per heavy atom. The van der Waals surface area contributed by atoms with Gasteiger partial charge in [-0.05, 0) is 11.3 Å². The Morgan fingerprint density at radius 2 is 1.94 bits per heavy atom. The van der Waals surface area contributed by atoms with Gasteiger partial charge in [0, 0.05) is 25.6 Å². The minimum absolute atomic E-state index is 0.0704. The first kappa shape index (κ1) is 14.8. The number of carbonyl (C=O) groups excluding carboxylic acids is 1. The first-order valence-electron chi connectivity index (χ1n) is 6.47. The third kappa shape index (κ3) is 3.89. The Labute approximate surface area is 109 Å². The van der Waals surface area contributed by atoms with Crippen LogP contribution in [0, 0.1) is 17.3 Å². The molecule has 0 aromatic heterocycles. The van der Waals surface area contributed by atoms with Crippen molar-refractivity contribution >= 4 is 12.0 Å². The Hall–Kier alpha value is -1.26. The Balaban J connectivity index is 2.26.